The van der Waals surface area contributed by atoms with Gasteiger partial charge in [-0.05, 0) is 6.07 Å². The quantitative estimate of drug-likeness (QED) is 0.627. The summed E-state index contributed by atoms with van der Waals surface area (Å²) in [6.45, 7) is 1.76. The number of rotatable bonds is 0. The van der Waals surface area contributed by atoms with Gasteiger partial charge in [-0.25, -0.2) is 0 Å². The van der Waals surface area contributed by atoms with Crippen molar-refractivity contribution in [3.8, 4) is 5.75 Å². The highest BCUT2D eigenvalue weighted by Gasteiger charge is 2.32. The molecule has 0 aliphatic carbocycles. The maximum atomic E-state index is 9.76. The highest BCUT2D eigenvalue weighted by molar-refractivity contribution is 5.37. The summed E-state index contributed by atoms with van der Waals surface area (Å²) in [6.07, 6.45) is -1.55. The van der Waals surface area contributed by atoms with Crippen molar-refractivity contribution in [3.63, 3.8) is 0 Å². The van der Waals surface area contributed by atoms with Crippen LogP contribution in [0, 0.1) is 5.92 Å². The van der Waals surface area contributed by atoms with Gasteiger partial charge < -0.3 is 14.9 Å². The molecule has 1 aromatic carbocycles. The first-order valence-electron chi connectivity index (χ1n) is 4.32. The van der Waals surface area contributed by atoms with Crippen molar-refractivity contribution in [2.45, 2.75) is 19.3 Å². The van der Waals surface area contributed by atoms with Gasteiger partial charge in [0.15, 0.2) is 0 Å². The Morgan fingerprint density at radius 2 is 1.92 bits per heavy atom. The van der Waals surface area contributed by atoms with Crippen molar-refractivity contribution >= 4 is 0 Å². The molecular weight excluding hydrogens is 168 g/mol. The molecule has 1 aromatic rings. The standard InChI is InChI=1S/C10H12O3/c1-6-9(11)7-4-2-3-5-8(7)13-10(6)12/h2-6,9-12H,1H3/t6-,9?,10?/m0/s1. The number of para-hydroxylation sites is 1. The molecule has 0 spiro atoms. The minimum absolute atomic E-state index is 0.283. The lowest BCUT2D eigenvalue weighted by Gasteiger charge is -2.31. The van der Waals surface area contributed by atoms with Crippen molar-refractivity contribution < 1.29 is 14.9 Å². The van der Waals surface area contributed by atoms with E-state index in [1.807, 2.05) is 18.2 Å². The van der Waals surface area contributed by atoms with Crippen LogP contribution in [0.25, 0.3) is 0 Å². The van der Waals surface area contributed by atoms with Crippen LogP contribution in [0.5, 0.6) is 5.75 Å². The van der Waals surface area contributed by atoms with Crippen molar-refractivity contribution in [1.82, 2.24) is 0 Å². The van der Waals surface area contributed by atoms with Gasteiger partial charge in [0.1, 0.15) is 5.75 Å². The molecular formula is C10H12O3. The molecule has 0 bridgehead atoms. The van der Waals surface area contributed by atoms with Gasteiger partial charge in [0, 0.05) is 11.5 Å². The number of benzene rings is 1. The number of ether oxygens (including phenoxy) is 1. The fraction of sp³-hybridized carbons (Fsp3) is 0.400. The zero-order chi connectivity index (χ0) is 9.42. The van der Waals surface area contributed by atoms with E-state index in [0.29, 0.717) is 5.75 Å². The minimum atomic E-state index is -0.912. The van der Waals surface area contributed by atoms with E-state index in [0.717, 1.165) is 5.56 Å². The molecule has 70 valence electrons. The molecule has 1 aliphatic heterocycles. The van der Waals surface area contributed by atoms with Gasteiger partial charge >= 0.3 is 0 Å². The summed E-state index contributed by atoms with van der Waals surface area (Å²) in [6, 6.07) is 7.21. The molecule has 3 atom stereocenters. The molecule has 0 saturated heterocycles. The van der Waals surface area contributed by atoms with Crippen molar-refractivity contribution in [2.24, 2.45) is 5.92 Å². The summed E-state index contributed by atoms with van der Waals surface area (Å²) in [4.78, 5) is 0. The minimum Gasteiger partial charge on any atom is -0.464 e. The average molecular weight is 180 g/mol. The van der Waals surface area contributed by atoms with Crippen LogP contribution in [0.15, 0.2) is 24.3 Å². The highest BCUT2D eigenvalue weighted by Crippen LogP contribution is 2.36. The molecule has 0 radical (unpaired) electrons. The third-order valence-corrected chi connectivity index (χ3v) is 2.43. The Morgan fingerprint density at radius 1 is 1.23 bits per heavy atom. The van der Waals surface area contributed by atoms with Crippen LogP contribution in [0.4, 0.5) is 0 Å². The van der Waals surface area contributed by atoms with E-state index >= 15 is 0 Å². The second-order valence-electron chi connectivity index (χ2n) is 3.35. The molecule has 1 heterocycles. The van der Waals surface area contributed by atoms with Crippen molar-refractivity contribution in [1.29, 1.82) is 0 Å². The number of aliphatic hydroxyl groups excluding tert-OH is 2. The van der Waals surface area contributed by atoms with E-state index in [1.165, 1.54) is 0 Å². The van der Waals surface area contributed by atoms with Gasteiger partial charge in [0.2, 0.25) is 6.29 Å². The number of aliphatic hydroxyl groups is 2. The molecule has 2 N–H and O–H groups in total. The molecule has 1 aliphatic rings. The van der Waals surface area contributed by atoms with E-state index in [1.54, 1.807) is 13.0 Å². The largest absolute Gasteiger partial charge is 0.464 e. The fourth-order valence-electron chi connectivity index (χ4n) is 1.51. The third-order valence-electron chi connectivity index (χ3n) is 2.43. The zero-order valence-electron chi connectivity index (χ0n) is 7.34. The van der Waals surface area contributed by atoms with Crippen LogP contribution in [-0.2, 0) is 0 Å². The topological polar surface area (TPSA) is 49.7 Å². The third kappa shape index (κ3) is 1.30. The van der Waals surface area contributed by atoms with Gasteiger partial charge in [-0.2, -0.15) is 0 Å². The van der Waals surface area contributed by atoms with Gasteiger partial charge in [0.25, 0.3) is 0 Å². The van der Waals surface area contributed by atoms with E-state index in [9.17, 15) is 10.2 Å². The smallest absolute Gasteiger partial charge is 0.202 e. The predicted octanol–water partition coefficient (Wildman–Crippen LogP) is 1.07. The summed E-state index contributed by atoms with van der Waals surface area (Å²) >= 11 is 0. The van der Waals surface area contributed by atoms with Gasteiger partial charge in [0.05, 0.1) is 6.10 Å². The van der Waals surface area contributed by atoms with E-state index in [-0.39, 0.29) is 5.92 Å². The van der Waals surface area contributed by atoms with Crippen LogP contribution in [-0.4, -0.2) is 16.5 Å². The Balaban J connectivity index is 2.43. The Kier molecular flexibility index (Phi) is 1.98. The van der Waals surface area contributed by atoms with Crippen LogP contribution >= 0.6 is 0 Å². The Labute approximate surface area is 76.6 Å². The molecule has 3 heteroatoms. The van der Waals surface area contributed by atoms with E-state index < -0.39 is 12.4 Å². The zero-order valence-corrected chi connectivity index (χ0v) is 7.34. The molecule has 0 aromatic heterocycles. The molecule has 2 unspecified atom stereocenters. The lowest BCUT2D eigenvalue weighted by atomic mass is 9.94. The summed E-state index contributed by atoms with van der Waals surface area (Å²) in [7, 11) is 0. The first-order chi connectivity index (χ1) is 6.20. The Morgan fingerprint density at radius 3 is 2.69 bits per heavy atom. The summed E-state index contributed by atoms with van der Waals surface area (Å²) in [5, 5.41) is 19.2. The lowest BCUT2D eigenvalue weighted by Crippen LogP contribution is -2.33. The number of fused-ring (bicyclic) bond motifs is 1. The van der Waals surface area contributed by atoms with Crippen molar-refractivity contribution in [2.75, 3.05) is 0 Å². The maximum absolute atomic E-state index is 9.76. The summed E-state index contributed by atoms with van der Waals surface area (Å²) in [5.41, 5.74) is 0.750. The summed E-state index contributed by atoms with van der Waals surface area (Å²) in [5.74, 6) is 0.287. The van der Waals surface area contributed by atoms with E-state index in [2.05, 4.69) is 0 Å². The average Bonchev–Trinajstić information content (AvgIpc) is 2.15. The summed E-state index contributed by atoms with van der Waals surface area (Å²) < 4.78 is 5.21. The molecule has 2 rings (SSSR count). The van der Waals surface area contributed by atoms with Crippen LogP contribution < -0.4 is 4.74 Å². The molecule has 3 nitrogen and oxygen atoms in total. The number of hydrogen-bond donors (Lipinski definition) is 2. The second-order valence-corrected chi connectivity index (χ2v) is 3.35. The lowest BCUT2D eigenvalue weighted by molar-refractivity contribution is -0.111. The predicted molar refractivity (Wildman–Crippen MR) is 47.2 cm³/mol. The first-order valence-corrected chi connectivity index (χ1v) is 4.32. The fourth-order valence-corrected chi connectivity index (χ4v) is 1.51. The van der Waals surface area contributed by atoms with Gasteiger partial charge in [-0.3, -0.25) is 0 Å². The Bertz CT molecular complexity index is 311. The van der Waals surface area contributed by atoms with Crippen molar-refractivity contribution in [3.05, 3.63) is 29.8 Å². The van der Waals surface area contributed by atoms with Gasteiger partial charge in [-0.15, -0.1) is 0 Å². The molecule has 0 saturated carbocycles. The monoisotopic (exact) mass is 180 g/mol. The molecule has 0 amide bonds. The van der Waals surface area contributed by atoms with Gasteiger partial charge in [-0.1, -0.05) is 25.1 Å². The Hall–Kier alpha value is -1.06. The maximum Gasteiger partial charge on any atom is 0.202 e. The van der Waals surface area contributed by atoms with Crippen LogP contribution in [0.2, 0.25) is 0 Å². The second kappa shape index (κ2) is 3.01. The van der Waals surface area contributed by atoms with Crippen LogP contribution in [0.1, 0.15) is 18.6 Å². The van der Waals surface area contributed by atoms with Crippen LogP contribution in [0.3, 0.4) is 0 Å². The normalized spacial score (nSPS) is 32.1. The highest BCUT2D eigenvalue weighted by atomic mass is 16.6. The van der Waals surface area contributed by atoms with E-state index in [4.69, 9.17) is 4.74 Å². The SMILES string of the molecule is C[C@@H]1C(O)Oc2ccccc2C1O. The first kappa shape index (κ1) is 8.53. The molecule has 0 fully saturated rings. The molecule has 13 heavy (non-hydrogen) atoms. The number of hydrogen-bond acceptors (Lipinski definition) is 3.